The third-order valence-electron chi connectivity index (χ3n) is 2.10. The molecule has 2 atom stereocenters. The lowest BCUT2D eigenvalue weighted by Gasteiger charge is -2.12. The van der Waals surface area contributed by atoms with Gasteiger partial charge in [0.25, 0.3) is 0 Å². The van der Waals surface area contributed by atoms with Crippen LogP contribution in [0.5, 0.6) is 0 Å². The van der Waals surface area contributed by atoms with Crippen molar-refractivity contribution in [3.63, 3.8) is 0 Å². The minimum atomic E-state index is -0.318. The fourth-order valence-electron chi connectivity index (χ4n) is 1.47. The number of nitrogens with one attached hydrogen (secondary N) is 1. The minimum absolute atomic E-state index is 0.0290. The number of aliphatic hydroxyl groups is 1. The van der Waals surface area contributed by atoms with Crippen molar-refractivity contribution in [2.45, 2.75) is 18.6 Å². The van der Waals surface area contributed by atoms with E-state index in [2.05, 4.69) is 15.5 Å². The molecule has 1 aliphatic rings. The highest BCUT2D eigenvalue weighted by Crippen LogP contribution is 2.20. The van der Waals surface area contributed by atoms with Crippen LogP contribution >= 0.6 is 0 Å². The van der Waals surface area contributed by atoms with Crippen LogP contribution in [-0.2, 0) is 0 Å². The molecule has 0 saturated carbocycles. The minimum Gasteiger partial charge on any atom is -0.391 e. The van der Waals surface area contributed by atoms with E-state index < -0.39 is 0 Å². The number of aliphatic hydroxyl groups excluding tert-OH is 1. The molecule has 4 heteroatoms. The highest BCUT2D eigenvalue weighted by Gasteiger charge is 2.26. The van der Waals surface area contributed by atoms with Gasteiger partial charge in [-0.15, -0.1) is 0 Å². The van der Waals surface area contributed by atoms with E-state index in [4.69, 9.17) is 0 Å². The first-order valence-electron chi connectivity index (χ1n) is 4.07. The van der Waals surface area contributed by atoms with E-state index in [1.54, 1.807) is 6.20 Å². The van der Waals surface area contributed by atoms with Crippen molar-refractivity contribution < 1.29 is 5.11 Å². The molecule has 1 aromatic heterocycles. The lowest BCUT2D eigenvalue weighted by Crippen LogP contribution is -2.22. The highest BCUT2D eigenvalue weighted by atomic mass is 16.3. The lowest BCUT2D eigenvalue weighted by molar-refractivity contribution is 0.158. The van der Waals surface area contributed by atoms with Crippen LogP contribution in [0.4, 0.5) is 0 Å². The van der Waals surface area contributed by atoms with E-state index in [0.717, 1.165) is 18.7 Å². The molecule has 2 unspecified atom stereocenters. The van der Waals surface area contributed by atoms with Gasteiger partial charge in [0.05, 0.1) is 17.8 Å². The SMILES string of the molecule is OC1CCNC1c1cccnn1. The summed E-state index contributed by atoms with van der Waals surface area (Å²) in [6.07, 6.45) is 2.10. The lowest BCUT2D eigenvalue weighted by atomic mass is 10.1. The second kappa shape index (κ2) is 3.16. The number of hydrogen-bond donors (Lipinski definition) is 2. The Morgan fingerprint density at radius 2 is 2.50 bits per heavy atom. The maximum absolute atomic E-state index is 9.51. The van der Waals surface area contributed by atoms with E-state index in [0.29, 0.717) is 0 Å². The van der Waals surface area contributed by atoms with Crippen molar-refractivity contribution >= 4 is 0 Å². The van der Waals surface area contributed by atoms with Crippen LogP contribution in [0.15, 0.2) is 18.3 Å². The van der Waals surface area contributed by atoms with Gasteiger partial charge in [0, 0.05) is 6.20 Å². The number of hydrogen-bond acceptors (Lipinski definition) is 4. The normalized spacial score (nSPS) is 29.1. The Balaban J connectivity index is 2.19. The van der Waals surface area contributed by atoms with Crippen molar-refractivity contribution in [2.75, 3.05) is 6.54 Å². The molecule has 0 spiro atoms. The molecule has 1 aromatic rings. The maximum Gasteiger partial charge on any atom is 0.0826 e. The van der Waals surface area contributed by atoms with Crippen LogP contribution in [0, 0.1) is 0 Å². The van der Waals surface area contributed by atoms with Crippen LogP contribution in [0.2, 0.25) is 0 Å². The zero-order valence-electron chi connectivity index (χ0n) is 6.64. The molecule has 0 bridgehead atoms. The second-order valence-electron chi connectivity index (χ2n) is 2.94. The van der Waals surface area contributed by atoms with Crippen molar-refractivity contribution in [3.8, 4) is 0 Å². The fraction of sp³-hybridized carbons (Fsp3) is 0.500. The van der Waals surface area contributed by atoms with Crippen molar-refractivity contribution in [2.24, 2.45) is 0 Å². The summed E-state index contributed by atoms with van der Waals surface area (Å²) >= 11 is 0. The third-order valence-corrected chi connectivity index (χ3v) is 2.10. The summed E-state index contributed by atoms with van der Waals surface area (Å²) in [5.74, 6) is 0. The first-order valence-corrected chi connectivity index (χ1v) is 4.07. The van der Waals surface area contributed by atoms with Gasteiger partial charge in [-0.2, -0.15) is 10.2 Å². The number of aromatic nitrogens is 2. The molecule has 4 nitrogen and oxygen atoms in total. The molecule has 2 N–H and O–H groups in total. The Hall–Kier alpha value is -1.00. The largest absolute Gasteiger partial charge is 0.391 e. The van der Waals surface area contributed by atoms with Crippen LogP contribution in [0.1, 0.15) is 18.2 Å². The van der Waals surface area contributed by atoms with Gasteiger partial charge in [-0.3, -0.25) is 0 Å². The summed E-state index contributed by atoms with van der Waals surface area (Å²) in [4.78, 5) is 0. The molecule has 1 aliphatic heterocycles. The van der Waals surface area contributed by atoms with Crippen molar-refractivity contribution in [3.05, 3.63) is 24.0 Å². The molecule has 0 amide bonds. The Morgan fingerprint density at radius 1 is 1.58 bits per heavy atom. The molecule has 1 saturated heterocycles. The van der Waals surface area contributed by atoms with E-state index >= 15 is 0 Å². The molecule has 2 rings (SSSR count). The summed E-state index contributed by atoms with van der Waals surface area (Å²) in [7, 11) is 0. The van der Waals surface area contributed by atoms with Gasteiger partial charge >= 0.3 is 0 Å². The van der Waals surface area contributed by atoms with Gasteiger partial charge in [-0.05, 0) is 25.1 Å². The Kier molecular flexibility index (Phi) is 2.01. The monoisotopic (exact) mass is 165 g/mol. The molecule has 1 fully saturated rings. The van der Waals surface area contributed by atoms with Gasteiger partial charge < -0.3 is 10.4 Å². The standard InChI is InChI=1S/C8H11N3O/c12-7-3-5-9-8(7)6-2-1-4-10-11-6/h1-2,4,7-9,12H,3,5H2. The predicted octanol–water partition coefficient (Wildman–Crippen LogP) is -0.128. The van der Waals surface area contributed by atoms with E-state index in [-0.39, 0.29) is 12.1 Å². The van der Waals surface area contributed by atoms with Crippen LogP contribution in [-0.4, -0.2) is 28.0 Å². The van der Waals surface area contributed by atoms with Gasteiger partial charge in [0.1, 0.15) is 0 Å². The first kappa shape index (κ1) is 7.64. The third kappa shape index (κ3) is 1.31. The Morgan fingerprint density at radius 3 is 3.08 bits per heavy atom. The molecule has 0 radical (unpaired) electrons. The Bertz CT molecular complexity index is 252. The van der Waals surface area contributed by atoms with E-state index in [1.807, 2.05) is 12.1 Å². The summed E-state index contributed by atoms with van der Waals surface area (Å²) in [6.45, 7) is 0.850. The maximum atomic E-state index is 9.51. The van der Waals surface area contributed by atoms with Gasteiger partial charge in [0.15, 0.2) is 0 Å². The smallest absolute Gasteiger partial charge is 0.0826 e. The quantitative estimate of drug-likeness (QED) is 0.608. The van der Waals surface area contributed by atoms with Crippen LogP contribution in [0.3, 0.4) is 0 Å². The first-order chi connectivity index (χ1) is 5.88. The highest BCUT2D eigenvalue weighted by molar-refractivity contribution is 5.09. The average molecular weight is 165 g/mol. The molecule has 0 aromatic carbocycles. The molecular weight excluding hydrogens is 154 g/mol. The van der Waals surface area contributed by atoms with Crippen molar-refractivity contribution in [1.82, 2.24) is 15.5 Å². The summed E-state index contributed by atoms with van der Waals surface area (Å²) in [5, 5.41) is 20.4. The molecular formula is C8H11N3O. The average Bonchev–Trinajstić information content (AvgIpc) is 2.53. The van der Waals surface area contributed by atoms with E-state index in [1.165, 1.54) is 0 Å². The zero-order valence-corrected chi connectivity index (χ0v) is 6.64. The Labute approximate surface area is 70.6 Å². The van der Waals surface area contributed by atoms with Gasteiger partial charge in [-0.25, -0.2) is 0 Å². The second-order valence-corrected chi connectivity index (χ2v) is 2.94. The molecule has 64 valence electrons. The summed E-state index contributed by atoms with van der Waals surface area (Å²) < 4.78 is 0. The van der Waals surface area contributed by atoms with Gasteiger partial charge in [-0.1, -0.05) is 0 Å². The zero-order chi connectivity index (χ0) is 8.39. The number of nitrogens with zero attached hydrogens (tertiary/aromatic N) is 2. The molecule has 2 heterocycles. The molecule has 0 aliphatic carbocycles. The van der Waals surface area contributed by atoms with Gasteiger partial charge in [0.2, 0.25) is 0 Å². The molecule has 12 heavy (non-hydrogen) atoms. The predicted molar refractivity (Wildman–Crippen MR) is 43.4 cm³/mol. The summed E-state index contributed by atoms with van der Waals surface area (Å²) in [5.41, 5.74) is 0.822. The number of rotatable bonds is 1. The van der Waals surface area contributed by atoms with E-state index in [9.17, 15) is 5.11 Å². The van der Waals surface area contributed by atoms with Crippen LogP contribution < -0.4 is 5.32 Å². The van der Waals surface area contributed by atoms with Crippen molar-refractivity contribution in [1.29, 1.82) is 0 Å². The van der Waals surface area contributed by atoms with Crippen LogP contribution in [0.25, 0.3) is 0 Å². The topological polar surface area (TPSA) is 58.0 Å². The fourth-order valence-corrected chi connectivity index (χ4v) is 1.47. The summed E-state index contributed by atoms with van der Waals surface area (Å²) in [6, 6.07) is 3.67.